The zero-order valence-corrected chi connectivity index (χ0v) is 25.6. The van der Waals surface area contributed by atoms with E-state index in [0.717, 1.165) is 28.1 Å². The fourth-order valence-corrected chi connectivity index (χ4v) is 8.52. The third kappa shape index (κ3) is 3.19. The van der Waals surface area contributed by atoms with E-state index in [9.17, 15) is 0 Å². The molecule has 47 heavy (non-hydrogen) atoms. The molecule has 0 unspecified atom stereocenters. The Morgan fingerprint density at radius 2 is 1.15 bits per heavy atom. The zero-order chi connectivity index (χ0) is 31.2. The van der Waals surface area contributed by atoms with Crippen molar-refractivity contribution in [3.05, 3.63) is 191 Å². The minimum atomic E-state index is -0.772. The number of rotatable bonds is 4. The molecule has 0 saturated heterocycles. The Kier molecular flexibility index (Phi) is 5.24. The lowest BCUT2D eigenvalue weighted by Crippen LogP contribution is -2.38. The average molecular weight is 605 g/mol. The first-order valence-corrected chi connectivity index (χ1v) is 15.8. The molecule has 8 aromatic rings. The molecule has 0 saturated carbocycles. The molecule has 0 bridgehead atoms. The number of imidazole rings is 1. The number of hydrogen-bond donors (Lipinski definition) is 1. The summed E-state index contributed by atoms with van der Waals surface area (Å²) >= 11 is 0. The molecular weight excluding hydrogens is 576 g/mol. The van der Waals surface area contributed by atoms with Crippen molar-refractivity contribution in [2.75, 3.05) is 0 Å². The normalized spacial score (nSPS) is 14.8. The predicted octanol–water partition coefficient (Wildman–Crippen LogP) is 6.96. The van der Waals surface area contributed by atoms with Gasteiger partial charge in [-0.3, -0.25) is 10.1 Å². The van der Waals surface area contributed by atoms with Gasteiger partial charge in [0.15, 0.2) is 5.65 Å². The third-order valence-corrected chi connectivity index (χ3v) is 10.3. The SMILES string of the molecule is C[n+]1[c-]n(C2(c3cccc(C4(c5ccn[nH]5)c5ccccc5-c5ccccc54)c3)c3ccccc3-c3ccccc32)c2nccnc21. The van der Waals surface area contributed by atoms with Gasteiger partial charge in [0.05, 0.1) is 11.1 Å². The van der Waals surface area contributed by atoms with Crippen LogP contribution >= 0.6 is 0 Å². The summed E-state index contributed by atoms with van der Waals surface area (Å²) in [6.07, 6.45) is 9.03. The first-order valence-electron chi connectivity index (χ1n) is 15.8. The van der Waals surface area contributed by atoms with Crippen molar-refractivity contribution >= 4 is 11.3 Å². The van der Waals surface area contributed by atoms with Crippen LogP contribution in [0.4, 0.5) is 0 Å². The van der Waals surface area contributed by atoms with Crippen molar-refractivity contribution in [2.24, 2.45) is 7.05 Å². The van der Waals surface area contributed by atoms with E-state index in [1.807, 2.05) is 17.8 Å². The van der Waals surface area contributed by atoms with Crippen LogP contribution in [0.3, 0.4) is 0 Å². The standard InChI is InChI=1S/C41H28N6/c1-46-26-47(39-38(46)42-23-24-43-39)41(35-19-8-4-15-31(35)32-16-5-9-20-36(32)41)28-12-10-11-27(25-28)40(37-21-22-44-45-37)33-17-6-2-13-29(33)30-14-3-7-18-34(30)40/h2-25H,1H3,(H,44,45). The number of fused-ring (bicyclic) bond motifs is 7. The third-order valence-electron chi connectivity index (χ3n) is 10.3. The van der Waals surface area contributed by atoms with Crippen molar-refractivity contribution in [3.63, 3.8) is 0 Å². The molecule has 3 heterocycles. The summed E-state index contributed by atoms with van der Waals surface area (Å²) < 4.78 is 4.16. The van der Waals surface area contributed by atoms with Crippen LogP contribution in [0.15, 0.2) is 146 Å². The number of aryl methyl sites for hydroxylation is 1. The van der Waals surface area contributed by atoms with E-state index in [1.165, 1.54) is 44.5 Å². The molecule has 5 aromatic carbocycles. The number of aromatic amines is 1. The van der Waals surface area contributed by atoms with E-state index in [4.69, 9.17) is 9.97 Å². The maximum Gasteiger partial charge on any atom is 0.166 e. The molecule has 0 spiro atoms. The van der Waals surface area contributed by atoms with Crippen molar-refractivity contribution in [1.82, 2.24) is 24.7 Å². The highest BCUT2D eigenvalue weighted by atomic mass is 15.2. The van der Waals surface area contributed by atoms with Crippen molar-refractivity contribution < 1.29 is 4.57 Å². The van der Waals surface area contributed by atoms with E-state index in [-0.39, 0.29) is 0 Å². The number of aromatic nitrogens is 6. The highest BCUT2D eigenvalue weighted by molar-refractivity contribution is 5.87. The van der Waals surface area contributed by atoms with Crippen LogP contribution < -0.4 is 4.57 Å². The van der Waals surface area contributed by atoms with Gasteiger partial charge in [-0.25, -0.2) is 0 Å². The van der Waals surface area contributed by atoms with Gasteiger partial charge >= 0.3 is 0 Å². The van der Waals surface area contributed by atoms with Gasteiger partial charge in [-0.05, 0) is 56.6 Å². The highest BCUT2D eigenvalue weighted by Crippen LogP contribution is 2.58. The van der Waals surface area contributed by atoms with Gasteiger partial charge in [-0.2, -0.15) is 10.1 Å². The molecular formula is C41H28N6. The number of benzene rings is 5. The second-order valence-corrected chi connectivity index (χ2v) is 12.4. The number of hydrogen-bond acceptors (Lipinski definition) is 3. The number of H-pyrrole nitrogens is 1. The first-order chi connectivity index (χ1) is 23.2. The molecule has 222 valence electrons. The largest absolute Gasteiger partial charge is 0.351 e. The molecule has 0 radical (unpaired) electrons. The van der Waals surface area contributed by atoms with Gasteiger partial charge in [-0.15, -0.1) is 0 Å². The van der Waals surface area contributed by atoms with Gasteiger partial charge in [0.25, 0.3) is 0 Å². The van der Waals surface area contributed by atoms with Crippen LogP contribution in [-0.4, -0.2) is 24.7 Å². The van der Waals surface area contributed by atoms with E-state index < -0.39 is 11.0 Å². The van der Waals surface area contributed by atoms with Gasteiger partial charge < -0.3 is 9.13 Å². The van der Waals surface area contributed by atoms with Crippen LogP contribution in [0.5, 0.6) is 0 Å². The van der Waals surface area contributed by atoms with Crippen LogP contribution in [-0.2, 0) is 18.0 Å². The maximum absolute atomic E-state index is 4.91. The van der Waals surface area contributed by atoms with Crippen molar-refractivity contribution in [3.8, 4) is 22.3 Å². The van der Waals surface area contributed by atoms with Gasteiger partial charge in [-0.1, -0.05) is 115 Å². The molecule has 6 heteroatoms. The Labute approximate surface area is 271 Å². The summed E-state index contributed by atoms with van der Waals surface area (Å²) in [6, 6.07) is 46.3. The van der Waals surface area contributed by atoms with E-state index in [1.54, 1.807) is 12.4 Å². The lowest BCUT2D eigenvalue weighted by Gasteiger charge is -2.37. The quantitative estimate of drug-likeness (QED) is 0.175. The number of nitrogens with zero attached hydrogens (tertiary/aromatic N) is 5. The molecule has 3 aromatic heterocycles. The lowest BCUT2D eigenvalue weighted by molar-refractivity contribution is -0.652. The van der Waals surface area contributed by atoms with Gasteiger partial charge in [0.1, 0.15) is 23.7 Å². The summed E-state index contributed by atoms with van der Waals surface area (Å²) in [7, 11) is 1.99. The molecule has 1 N–H and O–H groups in total. The fraction of sp³-hybridized carbons (Fsp3) is 0.0732. The average Bonchev–Trinajstić information content (AvgIpc) is 3.91. The second kappa shape index (κ2) is 9.44. The van der Waals surface area contributed by atoms with E-state index >= 15 is 0 Å². The highest BCUT2D eigenvalue weighted by Gasteiger charge is 2.51. The topological polar surface area (TPSA) is 63.3 Å². The Bertz CT molecular complexity index is 2420. The Hall–Kier alpha value is -6.14. The van der Waals surface area contributed by atoms with E-state index in [0.29, 0.717) is 0 Å². The maximum atomic E-state index is 4.91. The molecule has 0 atom stereocenters. The van der Waals surface area contributed by atoms with Crippen molar-refractivity contribution in [1.29, 1.82) is 0 Å². The van der Waals surface area contributed by atoms with Crippen LogP contribution in [0.25, 0.3) is 33.5 Å². The summed E-state index contributed by atoms with van der Waals surface area (Å²) in [5, 5.41) is 7.89. The zero-order valence-electron chi connectivity index (χ0n) is 25.6. The first kappa shape index (κ1) is 26.1. The molecule has 0 aliphatic heterocycles. The Morgan fingerprint density at radius 1 is 0.596 bits per heavy atom. The minimum Gasteiger partial charge on any atom is -0.351 e. The summed E-state index contributed by atoms with van der Waals surface area (Å²) in [6.45, 7) is 0. The van der Waals surface area contributed by atoms with Gasteiger partial charge in [0, 0.05) is 30.6 Å². The number of nitrogens with one attached hydrogen (secondary N) is 1. The fourth-order valence-electron chi connectivity index (χ4n) is 8.52. The molecule has 2 aliphatic carbocycles. The second-order valence-electron chi connectivity index (χ2n) is 12.4. The smallest absolute Gasteiger partial charge is 0.166 e. The van der Waals surface area contributed by atoms with Crippen LogP contribution in [0.1, 0.15) is 39.1 Å². The minimum absolute atomic E-state index is 0.606. The predicted molar refractivity (Wildman–Crippen MR) is 181 cm³/mol. The summed E-state index contributed by atoms with van der Waals surface area (Å²) in [4.78, 5) is 9.63. The Morgan fingerprint density at radius 3 is 1.77 bits per heavy atom. The summed E-state index contributed by atoms with van der Waals surface area (Å²) in [5.41, 5.74) is 13.2. The molecule has 6 nitrogen and oxygen atoms in total. The van der Waals surface area contributed by atoms with Crippen LogP contribution in [0.2, 0.25) is 0 Å². The lowest BCUT2D eigenvalue weighted by atomic mass is 9.68. The van der Waals surface area contributed by atoms with Gasteiger partial charge in [0.2, 0.25) is 0 Å². The molecule has 2 aliphatic rings. The van der Waals surface area contributed by atoms with Crippen LogP contribution in [0, 0.1) is 6.33 Å². The van der Waals surface area contributed by atoms with E-state index in [2.05, 4.69) is 148 Å². The molecule has 10 rings (SSSR count). The Balaban J connectivity index is 1.35. The van der Waals surface area contributed by atoms with Crippen molar-refractivity contribution in [2.45, 2.75) is 11.0 Å². The molecule has 0 fully saturated rings. The molecule has 0 amide bonds. The monoisotopic (exact) mass is 604 g/mol. The summed E-state index contributed by atoms with van der Waals surface area (Å²) in [5.74, 6) is 0.